The third-order valence-electron chi connectivity index (χ3n) is 7.42. The van der Waals surface area contributed by atoms with E-state index in [-0.39, 0.29) is 24.0 Å². The molecule has 166 valence electrons. The smallest absolute Gasteiger partial charge is 0.226 e. The molecule has 3 heterocycles. The number of carbonyl (C=O) groups excluding carboxylic acids is 1. The Morgan fingerprint density at radius 1 is 1.20 bits per heavy atom. The fourth-order valence-corrected chi connectivity index (χ4v) is 5.39. The highest BCUT2D eigenvalue weighted by atomic mass is 16.5. The van der Waals surface area contributed by atoms with E-state index in [9.17, 15) is 9.90 Å². The fraction of sp³-hybridized carbons (Fsp3) is 0.708. The molecule has 0 aliphatic carbocycles. The van der Waals surface area contributed by atoms with Gasteiger partial charge in [-0.05, 0) is 61.8 Å². The lowest BCUT2D eigenvalue weighted by atomic mass is 9.76. The second kappa shape index (κ2) is 9.25. The van der Waals surface area contributed by atoms with E-state index in [1.807, 2.05) is 19.0 Å². The number of benzene rings is 1. The molecule has 3 saturated heterocycles. The van der Waals surface area contributed by atoms with Crippen LogP contribution in [0.25, 0.3) is 0 Å². The molecular weight excluding hydrogens is 378 g/mol. The Labute approximate surface area is 180 Å². The van der Waals surface area contributed by atoms with E-state index in [0.717, 1.165) is 69.7 Å². The summed E-state index contributed by atoms with van der Waals surface area (Å²) in [5, 5.41) is 9.56. The fourth-order valence-electron chi connectivity index (χ4n) is 5.39. The van der Waals surface area contributed by atoms with Gasteiger partial charge in [0.2, 0.25) is 5.91 Å². The number of nitrogens with zero attached hydrogens (tertiary/aromatic N) is 3. The van der Waals surface area contributed by atoms with E-state index < -0.39 is 0 Å². The van der Waals surface area contributed by atoms with Crippen LogP contribution in [0.15, 0.2) is 24.3 Å². The highest BCUT2D eigenvalue weighted by molar-refractivity contribution is 5.79. The lowest BCUT2D eigenvalue weighted by Gasteiger charge is -2.38. The highest BCUT2D eigenvalue weighted by Gasteiger charge is 2.44. The molecular formula is C24H37N3O3. The van der Waals surface area contributed by atoms with Crippen LogP contribution >= 0.6 is 0 Å². The number of hydrogen-bond acceptors (Lipinski definition) is 5. The summed E-state index contributed by atoms with van der Waals surface area (Å²) in [4.78, 5) is 19.3. The summed E-state index contributed by atoms with van der Waals surface area (Å²) < 4.78 is 6.19. The van der Waals surface area contributed by atoms with E-state index >= 15 is 0 Å². The maximum Gasteiger partial charge on any atom is 0.226 e. The Hall–Kier alpha value is -1.63. The number of aliphatic hydroxyl groups is 1. The zero-order valence-corrected chi connectivity index (χ0v) is 18.6. The second-order valence-electron chi connectivity index (χ2n) is 9.73. The van der Waals surface area contributed by atoms with Gasteiger partial charge in [0, 0.05) is 45.5 Å². The standard InChI is InChI=1S/C24H37N3O3/c1-25(2)20-7-5-19(6-8-20)14-23(29)26-12-9-24(10-13-26)15-22(30-18-24)16-27-11-3-4-21(27)17-28/h5-8,21-22,28H,3-4,9-18H2,1-2H3/t21-,22?/m0/s1. The first kappa shape index (κ1) is 21.6. The first-order chi connectivity index (χ1) is 14.5. The molecule has 1 unspecified atom stereocenters. The minimum absolute atomic E-state index is 0.237. The molecule has 1 N–H and O–H groups in total. The maximum atomic E-state index is 12.8. The van der Waals surface area contributed by atoms with Crippen LogP contribution in [0.4, 0.5) is 5.69 Å². The highest BCUT2D eigenvalue weighted by Crippen LogP contribution is 2.42. The molecule has 30 heavy (non-hydrogen) atoms. The summed E-state index contributed by atoms with van der Waals surface area (Å²) >= 11 is 0. The van der Waals surface area contributed by atoms with Crippen molar-refractivity contribution >= 4 is 11.6 Å². The summed E-state index contributed by atoms with van der Waals surface area (Å²) in [6, 6.07) is 8.59. The predicted octanol–water partition coefficient (Wildman–Crippen LogP) is 2.15. The van der Waals surface area contributed by atoms with Crippen molar-refractivity contribution in [2.24, 2.45) is 5.41 Å². The van der Waals surface area contributed by atoms with Gasteiger partial charge in [-0.25, -0.2) is 0 Å². The van der Waals surface area contributed by atoms with Crippen LogP contribution < -0.4 is 4.90 Å². The van der Waals surface area contributed by atoms with E-state index in [1.165, 1.54) is 6.42 Å². The molecule has 1 aromatic rings. The van der Waals surface area contributed by atoms with Gasteiger partial charge in [0.1, 0.15) is 0 Å². The van der Waals surface area contributed by atoms with Gasteiger partial charge in [-0.2, -0.15) is 0 Å². The van der Waals surface area contributed by atoms with Crippen LogP contribution in [0.2, 0.25) is 0 Å². The molecule has 2 atom stereocenters. The first-order valence-electron chi connectivity index (χ1n) is 11.5. The third kappa shape index (κ3) is 4.82. The van der Waals surface area contributed by atoms with Gasteiger partial charge in [-0.1, -0.05) is 12.1 Å². The van der Waals surface area contributed by atoms with E-state index in [4.69, 9.17) is 4.74 Å². The van der Waals surface area contributed by atoms with Crippen LogP contribution in [-0.4, -0.2) is 86.4 Å². The summed E-state index contributed by atoms with van der Waals surface area (Å²) in [6.07, 6.45) is 6.21. The van der Waals surface area contributed by atoms with Crippen LogP contribution in [0.1, 0.15) is 37.7 Å². The molecule has 6 nitrogen and oxygen atoms in total. The maximum absolute atomic E-state index is 12.8. The van der Waals surface area contributed by atoms with Crippen LogP contribution in [0.5, 0.6) is 0 Å². The van der Waals surface area contributed by atoms with Crippen molar-refractivity contribution in [2.45, 2.75) is 50.7 Å². The van der Waals surface area contributed by atoms with Crippen molar-refractivity contribution in [3.8, 4) is 0 Å². The molecule has 0 bridgehead atoms. The second-order valence-corrected chi connectivity index (χ2v) is 9.73. The summed E-state index contributed by atoms with van der Waals surface area (Å²) in [5.41, 5.74) is 2.48. The van der Waals surface area contributed by atoms with Crippen LogP contribution in [0, 0.1) is 5.41 Å². The molecule has 4 rings (SSSR count). The number of aliphatic hydroxyl groups excluding tert-OH is 1. The molecule has 0 saturated carbocycles. The van der Waals surface area contributed by atoms with Crippen LogP contribution in [0.3, 0.4) is 0 Å². The largest absolute Gasteiger partial charge is 0.395 e. The van der Waals surface area contributed by atoms with Crippen molar-refractivity contribution in [3.05, 3.63) is 29.8 Å². The van der Waals surface area contributed by atoms with E-state index in [0.29, 0.717) is 12.5 Å². The zero-order valence-electron chi connectivity index (χ0n) is 18.6. The van der Waals surface area contributed by atoms with Crippen molar-refractivity contribution in [1.82, 2.24) is 9.80 Å². The average Bonchev–Trinajstić information content (AvgIpc) is 3.36. The molecule has 3 aliphatic heterocycles. The number of ether oxygens (including phenoxy) is 1. The van der Waals surface area contributed by atoms with Crippen molar-refractivity contribution < 1.29 is 14.6 Å². The summed E-state index contributed by atoms with van der Waals surface area (Å²) in [5.74, 6) is 0.237. The average molecular weight is 416 g/mol. The van der Waals surface area contributed by atoms with Crippen LogP contribution in [-0.2, 0) is 16.0 Å². The molecule has 3 aliphatic rings. The number of likely N-dealkylation sites (tertiary alicyclic amines) is 2. The molecule has 1 aromatic carbocycles. The Kier molecular flexibility index (Phi) is 6.66. The number of hydrogen-bond donors (Lipinski definition) is 1. The van der Waals surface area contributed by atoms with E-state index in [1.54, 1.807) is 0 Å². The first-order valence-corrected chi connectivity index (χ1v) is 11.5. The molecule has 0 aromatic heterocycles. The Bertz CT molecular complexity index is 713. The van der Waals surface area contributed by atoms with Gasteiger partial charge in [0.05, 0.1) is 25.7 Å². The SMILES string of the molecule is CN(C)c1ccc(CC(=O)N2CCC3(CC2)COC(CN2CCC[C@H]2CO)C3)cc1. The van der Waals surface area contributed by atoms with Crippen molar-refractivity contribution in [1.29, 1.82) is 0 Å². The monoisotopic (exact) mass is 415 g/mol. The lowest BCUT2D eigenvalue weighted by Crippen LogP contribution is -2.44. The number of carbonyl (C=O) groups is 1. The number of amides is 1. The van der Waals surface area contributed by atoms with Gasteiger partial charge in [-0.3, -0.25) is 9.69 Å². The van der Waals surface area contributed by atoms with Gasteiger partial charge >= 0.3 is 0 Å². The quantitative estimate of drug-likeness (QED) is 0.772. The van der Waals surface area contributed by atoms with Crippen molar-refractivity contribution in [2.75, 3.05) is 58.4 Å². The summed E-state index contributed by atoms with van der Waals surface area (Å²) in [7, 11) is 4.05. The van der Waals surface area contributed by atoms with Gasteiger partial charge in [0.25, 0.3) is 0 Å². The van der Waals surface area contributed by atoms with Gasteiger partial charge < -0.3 is 19.6 Å². The normalized spacial score (nSPS) is 26.4. The summed E-state index contributed by atoms with van der Waals surface area (Å²) in [6.45, 7) is 4.78. The minimum atomic E-state index is 0.237. The molecule has 3 fully saturated rings. The van der Waals surface area contributed by atoms with Gasteiger partial charge in [-0.15, -0.1) is 0 Å². The van der Waals surface area contributed by atoms with Crippen molar-refractivity contribution in [3.63, 3.8) is 0 Å². The number of rotatable bonds is 6. The Balaban J connectivity index is 1.25. The molecule has 1 spiro atoms. The Morgan fingerprint density at radius 2 is 1.93 bits per heavy atom. The number of piperidine rings is 1. The minimum Gasteiger partial charge on any atom is -0.395 e. The molecule has 0 radical (unpaired) electrons. The third-order valence-corrected chi connectivity index (χ3v) is 7.42. The number of anilines is 1. The Morgan fingerprint density at radius 3 is 2.60 bits per heavy atom. The molecule has 6 heteroatoms. The molecule has 1 amide bonds. The zero-order chi connectivity index (χ0) is 21.1. The topological polar surface area (TPSA) is 56.2 Å². The van der Waals surface area contributed by atoms with E-state index in [2.05, 4.69) is 34.1 Å². The van der Waals surface area contributed by atoms with Gasteiger partial charge in [0.15, 0.2) is 0 Å². The lowest BCUT2D eigenvalue weighted by molar-refractivity contribution is -0.132. The predicted molar refractivity (Wildman–Crippen MR) is 119 cm³/mol.